The molecule has 28 heavy (non-hydrogen) atoms. The van der Waals surface area contributed by atoms with Crippen molar-refractivity contribution in [1.29, 1.82) is 0 Å². The van der Waals surface area contributed by atoms with Crippen molar-refractivity contribution >= 4 is 21.1 Å². The summed E-state index contributed by atoms with van der Waals surface area (Å²) in [6.07, 6.45) is 0. The van der Waals surface area contributed by atoms with Crippen LogP contribution in [0, 0.1) is 20.8 Å². The van der Waals surface area contributed by atoms with Crippen LogP contribution < -0.4 is 5.43 Å². The highest BCUT2D eigenvalue weighted by Gasteiger charge is 2.23. The Kier molecular flexibility index (Phi) is 4.14. The summed E-state index contributed by atoms with van der Waals surface area (Å²) in [5.74, 6) is 0.391. The Morgan fingerprint density at radius 2 is 1.57 bits per heavy atom. The van der Waals surface area contributed by atoms with E-state index in [1.54, 1.807) is 25.1 Å². The molecule has 0 spiro atoms. The third-order valence-corrected chi connectivity index (χ3v) is 6.10. The molecule has 0 bridgehead atoms. The first-order chi connectivity index (χ1) is 13.2. The van der Waals surface area contributed by atoms with E-state index in [0.29, 0.717) is 39.0 Å². The lowest BCUT2D eigenvalue weighted by Gasteiger charge is -2.20. The first kappa shape index (κ1) is 18.4. The molecule has 1 aliphatic carbocycles. The second-order valence-corrected chi connectivity index (χ2v) is 8.22. The van der Waals surface area contributed by atoms with E-state index in [9.17, 15) is 17.8 Å². The molecule has 1 heterocycles. The Bertz CT molecular complexity index is 1380. The van der Waals surface area contributed by atoms with Gasteiger partial charge in [-0.1, -0.05) is 30.3 Å². The smallest absolute Gasteiger partial charge is 0.185 e. The van der Waals surface area contributed by atoms with Crippen LogP contribution in [0.5, 0.6) is 0 Å². The van der Waals surface area contributed by atoms with Gasteiger partial charge in [0.2, 0.25) is 0 Å². The van der Waals surface area contributed by atoms with Gasteiger partial charge in [0, 0.05) is 27.6 Å². The number of fused-ring (bicyclic) bond motifs is 2. The van der Waals surface area contributed by atoms with Crippen molar-refractivity contribution in [3.05, 3.63) is 75.4 Å². The molecule has 0 amide bonds. The number of benzene rings is 3. The maximum atomic E-state index is 12.2. The van der Waals surface area contributed by atoms with Gasteiger partial charge < -0.3 is 8.97 Å². The molecule has 2 aliphatic rings. The summed E-state index contributed by atoms with van der Waals surface area (Å²) < 4.78 is 41.9. The van der Waals surface area contributed by atoms with Gasteiger partial charge in [0.1, 0.15) is 21.5 Å². The first-order valence-corrected chi connectivity index (χ1v) is 10.1. The summed E-state index contributed by atoms with van der Waals surface area (Å²) in [7, 11) is -4.70. The Morgan fingerprint density at radius 3 is 2.29 bits per heavy atom. The summed E-state index contributed by atoms with van der Waals surface area (Å²) in [6.45, 7) is 5.52. The van der Waals surface area contributed by atoms with Crippen LogP contribution in [0.1, 0.15) is 16.7 Å². The molecule has 0 aromatic heterocycles. The van der Waals surface area contributed by atoms with Gasteiger partial charge in [-0.3, -0.25) is 4.79 Å². The van der Waals surface area contributed by atoms with Crippen molar-refractivity contribution in [2.45, 2.75) is 25.7 Å². The topological polar surface area (TPSA) is 87.4 Å². The van der Waals surface area contributed by atoms with E-state index in [-0.39, 0.29) is 10.3 Å². The van der Waals surface area contributed by atoms with Crippen molar-refractivity contribution in [1.82, 2.24) is 0 Å². The van der Waals surface area contributed by atoms with Gasteiger partial charge in [-0.05, 0) is 50.1 Å². The third kappa shape index (κ3) is 2.73. The molecular formula is C22H17O5S-. The average Bonchev–Trinajstić information content (AvgIpc) is 2.66. The Labute approximate surface area is 162 Å². The van der Waals surface area contributed by atoms with Gasteiger partial charge >= 0.3 is 0 Å². The molecule has 5 nitrogen and oxygen atoms in total. The number of aryl methyl sites for hydroxylation is 2. The van der Waals surface area contributed by atoms with Gasteiger partial charge in [-0.2, -0.15) is 0 Å². The van der Waals surface area contributed by atoms with Crippen LogP contribution in [0.25, 0.3) is 33.4 Å². The fourth-order valence-electron chi connectivity index (χ4n) is 3.55. The van der Waals surface area contributed by atoms with E-state index in [1.807, 2.05) is 26.0 Å². The predicted octanol–water partition coefficient (Wildman–Crippen LogP) is 4.39. The molecule has 142 valence electrons. The van der Waals surface area contributed by atoms with Crippen molar-refractivity contribution in [2.24, 2.45) is 0 Å². The highest BCUT2D eigenvalue weighted by Crippen LogP contribution is 2.43. The highest BCUT2D eigenvalue weighted by atomic mass is 32.2. The van der Waals surface area contributed by atoms with Crippen LogP contribution in [0.4, 0.5) is 0 Å². The van der Waals surface area contributed by atoms with E-state index >= 15 is 0 Å². The molecule has 0 N–H and O–H groups in total. The molecule has 0 unspecified atom stereocenters. The lowest BCUT2D eigenvalue weighted by atomic mass is 9.90. The average molecular weight is 393 g/mol. The second kappa shape index (κ2) is 6.29. The molecule has 2 aromatic carbocycles. The molecular weight excluding hydrogens is 376 g/mol. The van der Waals surface area contributed by atoms with Crippen LogP contribution in [-0.4, -0.2) is 13.0 Å². The molecule has 0 saturated carbocycles. The zero-order valence-corrected chi connectivity index (χ0v) is 16.4. The fraction of sp³-hybridized carbons (Fsp3) is 0.136. The lowest BCUT2D eigenvalue weighted by molar-refractivity contribution is 0.463. The van der Waals surface area contributed by atoms with Gasteiger partial charge in [-0.25, -0.2) is 8.42 Å². The van der Waals surface area contributed by atoms with E-state index in [4.69, 9.17) is 4.42 Å². The molecule has 0 radical (unpaired) electrons. The van der Waals surface area contributed by atoms with E-state index in [1.165, 1.54) is 18.2 Å². The van der Waals surface area contributed by atoms with E-state index < -0.39 is 10.1 Å². The standard InChI is InChI=1S/C22H18O5S/c1-12-8-9-16-20(15-6-4-5-7-19(15)28(24,25)26)17-10-11-18(23)14(3)22(17)27-21(16)13(12)2/h4-11H,1-3H3,(H,24,25,26)/p-1. The monoisotopic (exact) mass is 393 g/mol. The molecule has 6 heteroatoms. The zero-order valence-electron chi connectivity index (χ0n) is 15.6. The normalized spacial score (nSPS) is 12.0. The van der Waals surface area contributed by atoms with Crippen molar-refractivity contribution in [3.63, 3.8) is 0 Å². The van der Waals surface area contributed by atoms with Crippen LogP contribution in [-0.2, 0) is 10.1 Å². The Hall–Kier alpha value is -2.96. The van der Waals surface area contributed by atoms with Crippen molar-refractivity contribution in [3.8, 4) is 22.5 Å². The predicted molar refractivity (Wildman–Crippen MR) is 107 cm³/mol. The zero-order chi connectivity index (χ0) is 20.2. The van der Waals surface area contributed by atoms with Gasteiger partial charge in [0.25, 0.3) is 0 Å². The molecule has 0 fully saturated rings. The van der Waals surface area contributed by atoms with Crippen molar-refractivity contribution in [2.75, 3.05) is 0 Å². The van der Waals surface area contributed by atoms with Crippen LogP contribution in [0.2, 0.25) is 0 Å². The van der Waals surface area contributed by atoms with Gasteiger partial charge in [0.15, 0.2) is 5.43 Å². The van der Waals surface area contributed by atoms with E-state index in [2.05, 4.69) is 0 Å². The largest absolute Gasteiger partial charge is 0.744 e. The maximum absolute atomic E-state index is 12.2. The fourth-order valence-corrected chi connectivity index (χ4v) is 4.23. The third-order valence-electron chi connectivity index (χ3n) is 5.20. The summed E-state index contributed by atoms with van der Waals surface area (Å²) in [5, 5.41) is 0.685. The highest BCUT2D eigenvalue weighted by molar-refractivity contribution is 7.85. The second-order valence-electron chi connectivity index (χ2n) is 6.88. The Balaban J connectivity index is 2.31. The number of hydrogen-bond donors (Lipinski definition) is 0. The summed E-state index contributed by atoms with van der Waals surface area (Å²) in [5.41, 5.74) is 4.17. The van der Waals surface area contributed by atoms with Crippen LogP contribution >= 0.6 is 0 Å². The van der Waals surface area contributed by atoms with E-state index in [0.717, 1.165) is 11.1 Å². The molecule has 1 aliphatic heterocycles. The lowest BCUT2D eigenvalue weighted by Crippen LogP contribution is -2.08. The van der Waals surface area contributed by atoms with Gasteiger partial charge in [-0.15, -0.1) is 0 Å². The summed E-state index contributed by atoms with van der Waals surface area (Å²) in [6, 6.07) is 12.9. The van der Waals surface area contributed by atoms with Crippen molar-refractivity contribution < 1.29 is 17.4 Å². The molecule has 0 atom stereocenters. The summed E-state index contributed by atoms with van der Waals surface area (Å²) >= 11 is 0. The Morgan fingerprint density at radius 1 is 0.857 bits per heavy atom. The first-order valence-electron chi connectivity index (χ1n) is 8.72. The summed E-state index contributed by atoms with van der Waals surface area (Å²) in [4.78, 5) is 11.9. The maximum Gasteiger partial charge on any atom is 0.185 e. The minimum absolute atomic E-state index is 0.170. The SMILES string of the molecule is Cc1ccc2c(-c3ccccc3S(=O)(=O)[O-])c3ccc(=O)c(C)c-3oc2c1C. The van der Waals surface area contributed by atoms with Crippen LogP contribution in [0.3, 0.4) is 0 Å². The number of rotatable bonds is 2. The quantitative estimate of drug-likeness (QED) is 0.372. The molecule has 2 aromatic rings. The van der Waals surface area contributed by atoms with Crippen LogP contribution in [0.15, 0.2) is 62.6 Å². The minimum atomic E-state index is -4.70. The molecule has 0 saturated heterocycles. The van der Waals surface area contributed by atoms with Gasteiger partial charge in [0.05, 0.1) is 4.90 Å². The number of hydrogen-bond acceptors (Lipinski definition) is 5. The minimum Gasteiger partial charge on any atom is -0.744 e. The molecule has 4 rings (SSSR count).